The summed E-state index contributed by atoms with van der Waals surface area (Å²) < 4.78 is 15.7. The number of nitrogens with zero attached hydrogens (tertiary/aromatic N) is 6. The van der Waals surface area contributed by atoms with Crippen molar-refractivity contribution in [3.8, 4) is 0 Å². The molecule has 0 aromatic carbocycles. The SMILES string of the molecule is Cc1ncnc(N2CCN(c3cc(=O)n4ccccc4n3)CC2)c1F. The van der Waals surface area contributed by atoms with E-state index in [1.165, 1.54) is 16.8 Å². The third-order valence-corrected chi connectivity index (χ3v) is 4.41. The van der Waals surface area contributed by atoms with Gasteiger partial charge in [0.1, 0.15) is 17.8 Å². The molecule has 3 aromatic rings. The third kappa shape index (κ3) is 2.79. The first-order valence-corrected chi connectivity index (χ1v) is 8.09. The van der Waals surface area contributed by atoms with Gasteiger partial charge in [0.25, 0.3) is 5.56 Å². The number of hydrogen-bond acceptors (Lipinski definition) is 6. The minimum Gasteiger partial charge on any atom is -0.353 e. The predicted octanol–water partition coefficient (Wildman–Crippen LogP) is 1.26. The largest absolute Gasteiger partial charge is 0.353 e. The van der Waals surface area contributed by atoms with Crippen LogP contribution in [0.5, 0.6) is 0 Å². The van der Waals surface area contributed by atoms with E-state index >= 15 is 0 Å². The molecule has 1 saturated heterocycles. The monoisotopic (exact) mass is 340 g/mol. The summed E-state index contributed by atoms with van der Waals surface area (Å²) in [5.41, 5.74) is 0.849. The van der Waals surface area contributed by atoms with Crippen molar-refractivity contribution in [2.75, 3.05) is 36.0 Å². The number of aromatic nitrogens is 4. The molecule has 128 valence electrons. The normalized spacial score (nSPS) is 15.0. The summed E-state index contributed by atoms with van der Waals surface area (Å²) in [6.07, 6.45) is 3.08. The van der Waals surface area contributed by atoms with Crippen molar-refractivity contribution >= 4 is 17.3 Å². The zero-order chi connectivity index (χ0) is 17.4. The van der Waals surface area contributed by atoms with Crippen molar-refractivity contribution in [3.05, 3.63) is 58.7 Å². The lowest BCUT2D eigenvalue weighted by molar-refractivity contribution is 0.573. The van der Waals surface area contributed by atoms with Crippen LogP contribution in [0.1, 0.15) is 5.69 Å². The molecule has 0 atom stereocenters. The van der Waals surface area contributed by atoms with Crippen LogP contribution >= 0.6 is 0 Å². The maximum atomic E-state index is 14.2. The van der Waals surface area contributed by atoms with Crippen molar-refractivity contribution in [1.82, 2.24) is 19.4 Å². The average Bonchev–Trinajstić information content (AvgIpc) is 2.64. The topological polar surface area (TPSA) is 66.6 Å². The molecule has 0 spiro atoms. The second-order valence-electron chi connectivity index (χ2n) is 5.95. The molecule has 1 aliphatic heterocycles. The fourth-order valence-electron chi connectivity index (χ4n) is 3.02. The zero-order valence-corrected chi connectivity index (χ0v) is 13.8. The molecule has 1 aliphatic rings. The fourth-order valence-corrected chi connectivity index (χ4v) is 3.02. The van der Waals surface area contributed by atoms with Gasteiger partial charge >= 0.3 is 0 Å². The van der Waals surface area contributed by atoms with Gasteiger partial charge < -0.3 is 9.80 Å². The molecule has 25 heavy (non-hydrogen) atoms. The number of halogens is 1. The number of aryl methyl sites for hydroxylation is 1. The number of anilines is 2. The molecule has 0 unspecified atom stereocenters. The lowest BCUT2D eigenvalue weighted by Crippen LogP contribution is -2.47. The van der Waals surface area contributed by atoms with E-state index in [-0.39, 0.29) is 11.4 Å². The summed E-state index contributed by atoms with van der Waals surface area (Å²) in [6, 6.07) is 6.99. The van der Waals surface area contributed by atoms with E-state index in [9.17, 15) is 9.18 Å². The van der Waals surface area contributed by atoms with E-state index in [1.54, 1.807) is 25.3 Å². The van der Waals surface area contributed by atoms with Gasteiger partial charge in [-0.2, -0.15) is 0 Å². The Balaban J connectivity index is 1.56. The van der Waals surface area contributed by atoms with Gasteiger partial charge in [-0.1, -0.05) is 6.07 Å². The van der Waals surface area contributed by atoms with Gasteiger partial charge in [0, 0.05) is 38.4 Å². The molecule has 0 N–H and O–H groups in total. The first kappa shape index (κ1) is 15.5. The summed E-state index contributed by atoms with van der Waals surface area (Å²) in [7, 11) is 0. The number of hydrogen-bond donors (Lipinski definition) is 0. The Morgan fingerprint density at radius 2 is 1.84 bits per heavy atom. The summed E-state index contributed by atoms with van der Waals surface area (Å²) in [5.74, 6) is 0.604. The molecule has 4 rings (SSSR count). The van der Waals surface area contributed by atoms with Crippen LogP contribution in [0.25, 0.3) is 5.65 Å². The Morgan fingerprint density at radius 3 is 2.64 bits per heavy atom. The zero-order valence-electron chi connectivity index (χ0n) is 13.8. The number of fused-ring (bicyclic) bond motifs is 1. The highest BCUT2D eigenvalue weighted by molar-refractivity contribution is 5.50. The Kier molecular flexibility index (Phi) is 3.79. The first-order valence-electron chi connectivity index (χ1n) is 8.09. The van der Waals surface area contributed by atoms with E-state index in [0.717, 1.165) is 0 Å². The molecule has 0 amide bonds. The van der Waals surface area contributed by atoms with Crippen LogP contribution in [0.15, 0.2) is 41.6 Å². The first-order chi connectivity index (χ1) is 12.1. The Labute approximate surface area is 143 Å². The van der Waals surface area contributed by atoms with Crippen LogP contribution in [-0.2, 0) is 0 Å². The molecule has 0 radical (unpaired) electrons. The highest BCUT2D eigenvalue weighted by atomic mass is 19.1. The Bertz CT molecular complexity index is 980. The smallest absolute Gasteiger partial charge is 0.259 e. The molecule has 7 nitrogen and oxygen atoms in total. The fraction of sp³-hybridized carbons (Fsp3) is 0.294. The van der Waals surface area contributed by atoms with Gasteiger partial charge in [0.15, 0.2) is 11.6 Å². The Morgan fingerprint density at radius 1 is 1.08 bits per heavy atom. The van der Waals surface area contributed by atoms with Gasteiger partial charge in [-0.25, -0.2) is 19.3 Å². The van der Waals surface area contributed by atoms with Crippen LogP contribution in [0.2, 0.25) is 0 Å². The van der Waals surface area contributed by atoms with Gasteiger partial charge in [-0.15, -0.1) is 0 Å². The lowest BCUT2D eigenvalue weighted by Gasteiger charge is -2.36. The lowest BCUT2D eigenvalue weighted by atomic mass is 10.3. The number of piperazine rings is 1. The average molecular weight is 340 g/mol. The molecule has 0 bridgehead atoms. The minimum absolute atomic E-state index is 0.111. The standard InChI is InChI=1S/C17H17FN6O/c1-12-16(18)17(20-11-19-12)23-8-6-22(7-9-23)14-10-15(25)24-5-3-2-4-13(24)21-14/h2-5,10-11H,6-9H2,1H3. The van der Waals surface area contributed by atoms with Crippen molar-refractivity contribution < 1.29 is 4.39 Å². The highest BCUT2D eigenvalue weighted by Crippen LogP contribution is 2.20. The van der Waals surface area contributed by atoms with E-state index in [2.05, 4.69) is 15.0 Å². The van der Waals surface area contributed by atoms with Gasteiger partial charge in [0.05, 0.1) is 5.69 Å². The van der Waals surface area contributed by atoms with Crippen LogP contribution in [0.3, 0.4) is 0 Å². The predicted molar refractivity (Wildman–Crippen MR) is 92.6 cm³/mol. The second-order valence-corrected chi connectivity index (χ2v) is 5.95. The molecular formula is C17H17FN6O. The van der Waals surface area contributed by atoms with E-state index in [1.807, 2.05) is 15.9 Å². The molecule has 1 fully saturated rings. The van der Waals surface area contributed by atoms with Crippen molar-refractivity contribution in [2.24, 2.45) is 0 Å². The van der Waals surface area contributed by atoms with Gasteiger partial charge in [-0.3, -0.25) is 9.20 Å². The summed E-state index contributed by atoms with van der Waals surface area (Å²) in [4.78, 5) is 28.7. The van der Waals surface area contributed by atoms with Crippen LogP contribution in [0.4, 0.5) is 16.0 Å². The molecule has 8 heteroatoms. The van der Waals surface area contributed by atoms with Crippen LogP contribution < -0.4 is 15.4 Å². The van der Waals surface area contributed by atoms with Crippen molar-refractivity contribution in [3.63, 3.8) is 0 Å². The highest BCUT2D eigenvalue weighted by Gasteiger charge is 2.22. The minimum atomic E-state index is -0.377. The van der Waals surface area contributed by atoms with Gasteiger partial charge in [-0.05, 0) is 19.1 Å². The number of pyridine rings is 1. The van der Waals surface area contributed by atoms with E-state index in [4.69, 9.17) is 0 Å². The molecule has 3 aromatic heterocycles. The van der Waals surface area contributed by atoms with Crippen molar-refractivity contribution in [1.29, 1.82) is 0 Å². The summed E-state index contributed by atoms with van der Waals surface area (Å²) >= 11 is 0. The van der Waals surface area contributed by atoms with Crippen molar-refractivity contribution in [2.45, 2.75) is 6.92 Å². The van der Waals surface area contributed by atoms with Crippen LogP contribution in [-0.4, -0.2) is 45.5 Å². The number of rotatable bonds is 2. The van der Waals surface area contributed by atoms with E-state index in [0.29, 0.717) is 49.2 Å². The second kappa shape index (κ2) is 6.12. The maximum Gasteiger partial charge on any atom is 0.259 e. The third-order valence-electron chi connectivity index (χ3n) is 4.41. The van der Waals surface area contributed by atoms with Crippen LogP contribution in [0, 0.1) is 12.7 Å². The summed E-state index contributed by atoms with van der Waals surface area (Å²) in [6.45, 7) is 4.10. The molecule has 0 aliphatic carbocycles. The molecule has 0 saturated carbocycles. The maximum absolute atomic E-state index is 14.2. The van der Waals surface area contributed by atoms with E-state index < -0.39 is 0 Å². The molecule has 4 heterocycles. The van der Waals surface area contributed by atoms with Gasteiger partial charge in [0.2, 0.25) is 0 Å². The quantitative estimate of drug-likeness (QED) is 0.700. The summed E-state index contributed by atoms with van der Waals surface area (Å²) in [5, 5.41) is 0. The Hall–Kier alpha value is -3.03. The molecular weight excluding hydrogens is 323 g/mol.